The molecule has 1 aromatic rings. The number of hydrogen-bond acceptors (Lipinski definition) is 5. The van der Waals surface area contributed by atoms with Gasteiger partial charge in [-0.05, 0) is 5.53 Å². The molecule has 1 aromatic heterocycles. The number of halogens is 3. The summed E-state index contributed by atoms with van der Waals surface area (Å²) in [6, 6.07) is -0.840. The van der Waals surface area contributed by atoms with Gasteiger partial charge in [-0.1, -0.05) is 5.11 Å². The molecule has 2 N–H and O–H groups in total. The molecule has 0 radical (unpaired) electrons. The third kappa shape index (κ3) is 2.98. The number of azide groups is 1. The number of nitrogens with zero attached hydrogens (tertiary/aromatic N) is 4. The first-order valence-corrected chi connectivity index (χ1v) is 6.01. The molecule has 2 rings (SSSR count). The fourth-order valence-corrected chi connectivity index (χ4v) is 2.14. The van der Waals surface area contributed by atoms with Crippen LogP contribution in [0.1, 0.15) is 18.2 Å². The van der Waals surface area contributed by atoms with Gasteiger partial charge in [0.15, 0.2) is 0 Å². The summed E-state index contributed by atoms with van der Waals surface area (Å²) in [6.07, 6.45) is -6.85. The van der Waals surface area contributed by atoms with Gasteiger partial charge >= 0.3 is 11.9 Å². The lowest BCUT2D eigenvalue weighted by atomic mass is 10.1. The summed E-state index contributed by atoms with van der Waals surface area (Å²) in [6.45, 7) is -0.537. The molecular weight excluding hydrogens is 311 g/mol. The van der Waals surface area contributed by atoms with Crippen LogP contribution in [0.4, 0.5) is 13.2 Å². The van der Waals surface area contributed by atoms with E-state index in [1.807, 2.05) is 0 Å². The topological polar surface area (TPSA) is 133 Å². The molecule has 9 nitrogen and oxygen atoms in total. The maximum Gasteiger partial charge on any atom is 0.423 e. The minimum Gasteiger partial charge on any atom is -0.394 e. The maximum absolute atomic E-state index is 12.7. The summed E-state index contributed by atoms with van der Waals surface area (Å²) < 4.78 is 43.9. The Labute approximate surface area is 119 Å². The Bertz CT molecular complexity index is 720. The van der Waals surface area contributed by atoms with Gasteiger partial charge in [-0.2, -0.15) is 13.2 Å². The lowest BCUT2D eigenvalue weighted by Gasteiger charge is -2.16. The molecule has 2 heterocycles. The molecule has 22 heavy (non-hydrogen) atoms. The van der Waals surface area contributed by atoms with Crippen LogP contribution in [0.3, 0.4) is 0 Å². The molecule has 3 atom stereocenters. The van der Waals surface area contributed by atoms with Crippen molar-refractivity contribution in [3.8, 4) is 0 Å². The summed E-state index contributed by atoms with van der Waals surface area (Å²) in [5, 5.41) is 12.4. The Morgan fingerprint density at radius 2 is 2.23 bits per heavy atom. The quantitative estimate of drug-likeness (QED) is 0.476. The van der Waals surface area contributed by atoms with Crippen LogP contribution in [0.15, 0.2) is 20.9 Å². The Morgan fingerprint density at radius 1 is 1.55 bits per heavy atom. The number of ether oxygens (including phenoxy) is 1. The van der Waals surface area contributed by atoms with E-state index in [9.17, 15) is 22.8 Å². The van der Waals surface area contributed by atoms with Gasteiger partial charge in [0.1, 0.15) is 11.8 Å². The van der Waals surface area contributed by atoms with Gasteiger partial charge in [0.05, 0.1) is 18.8 Å². The molecule has 0 aliphatic carbocycles. The number of aromatic amines is 1. The van der Waals surface area contributed by atoms with Gasteiger partial charge in [-0.25, -0.2) is 4.79 Å². The van der Waals surface area contributed by atoms with Crippen LogP contribution >= 0.6 is 0 Å². The summed E-state index contributed by atoms with van der Waals surface area (Å²) >= 11 is 0. The number of aromatic nitrogens is 2. The first-order chi connectivity index (χ1) is 10.3. The highest BCUT2D eigenvalue weighted by Gasteiger charge is 2.39. The van der Waals surface area contributed by atoms with Crippen LogP contribution in [0, 0.1) is 0 Å². The number of hydrogen-bond donors (Lipinski definition) is 2. The minimum absolute atomic E-state index is 0.113. The summed E-state index contributed by atoms with van der Waals surface area (Å²) in [5.41, 5.74) is 4.19. The second-order valence-electron chi connectivity index (χ2n) is 4.53. The van der Waals surface area contributed by atoms with Crippen molar-refractivity contribution >= 4 is 0 Å². The molecule has 3 unspecified atom stereocenters. The highest BCUT2D eigenvalue weighted by Crippen LogP contribution is 2.31. The van der Waals surface area contributed by atoms with Gasteiger partial charge < -0.3 is 9.84 Å². The molecule has 1 fully saturated rings. The standard InChI is InChI=1S/C10H10F3N5O4/c11-10(12,13)4-2-18(9(21)15-8(4)20)7-1-5(16-17-14)6(3-19)22-7/h2,5-7,19H,1,3H2,(H,15,20,21). The van der Waals surface area contributed by atoms with Crippen LogP contribution < -0.4 is 11.2 Å². The lowest BCUT2D eigenvalue weighted by molar-refractivity contribution is -0.139. The van der Waals surface area contributed by atoms with Crippen molar-refractivity contribution in [3.05, 3.63) is 43.0 Å². The van der Waals surface area contributed by atoms with E-state index in [0.29, 0.717) is 10.8 Å². The second kappa shape index (κ2) is 5.83. The molecule has 1 aliphatic heterocycles. The van der Waals surface area contributed by atoms with Crippen LogP contribution in [0.5, 0.6) is 0 Å². The Morgan fingerprint density at radius 3 is 2.77 bits per heavy atom. The van der Waals surface area contributed by atoms with Crippen molar-refractivity contribution in [1.29, 1.82) is 0 Å². The predicted octanol–water partition coefficient (Wildman–Crippen LogP) is 0.514. The smallest absolute Gasteiger partial charge is 0.394 e. The third-order valence-electron chi connectivity index (χ3n) is 3.17. The molecule has 1 aliphatic rings. The average molecular weight is 321 g/mol. The number of aliphatic hydroxyl groups is 1. The van der Waals surface area contributed by atoms with E-state index < -0.39 is 48.0 Å². The van der Waals surface area contributed by atoms with Crippen molar-refractivity contribution in [2.75, 3.05) is 6.61 Å². The van der Waals surface area contributed by atoms with Crippen molar-refractivity contribution < 1.29 is 23.0 Å². The van der Waals surface area contributed by atoms with Crippen LogP contribution in [0.2, 0.25) is 0 Å². The maximum atomic E-state index is 12.7. The van der Waals surface area contributed by atoms with Crippen LogP contribution in [-0.2, 0) is 10.9 Å². The Kier molecular flexibility index (Phi) is 4.26. The van der Waals surface area contributed by atoms with E-state index in [-0.39, 0.29) is 6.42 Å². The van der Waals surface area contributed by atoms with Crippen molar-refractivity contribution in [1.82, 2.24) is 9.55 Å². The molecule has 0 amide bonds. The van der Waals surface area contributed by atoms with Gasteiger partial charge in [0.2, 0.25) is 0 Å². The average Bonchev–Trinajstić information content (AvgIpc) is 2.80. The molecule has 120 valence electrons. The number of alkyl halides is 3. The molecule has 0 bridgehead atoms. The van der Waals surface area contributed by atoms with E-state index in [1.165, 1.54) is 0 Å². The molecular formula is C10H10F3N5O4. The number of aliphatic hydroxyl groups excluding tert-OH is 1. The molecule has 0 aromatic carbocycles. The molecule has 0 spiro atoms. The number of H-pyrrole nitrogens is 1. The highest BCUT2D eigenvalue weighted by molar-refractivity contribution is 5.09. The largest absolute Gasteiger partial charge is 0.423 e. The zero-order chi connectivity index (χ0) is 16.5. The molecule has 12 heteroatoms. The zero-order valence-electron chi connectivity index (χ0n) is 10.8. The minimum atomic E-state index is -4.94. The normalized spacial score (nSPS) is 25.0. The number of rotatable bonds is 3. The lowest BCUT2D eigenvalue weighted by Crippen LogP contribution is -2.36. The van der Waals surface area contributed by atoms with Gasteiger partial charge in [-0.15, -0.1) is 0 Å². The first-order valence-electron chi connectivity index (χ1n) is 6.01. The monoisotopic (exact) mass is 321 g/mol. The predicted molar refractivity (Wildman–Crippen MR) is 64.9 cm³/mol. The van der Waals surface area contributed by atoms with E-state index >= 15 is 0 Å². The van der Waals surface area contributed by atoms with Gasteiger partial charge in [0.25, 0.3) is 5.56 Å². The second-order valence-corrected chi connectivity index (χ2v) is 4.53. The van der Waals surface area contributed by atoms with Crippen LogP contribution in [0.25, 0.3) is 10.4 Å². The fourth-order valence-electron chi connectivity index (χ4n) is 2.14. The molecule has 0 saturated carbocycles. The first kappa shape index (κ1) is 16.1. The summed E-state index contributed by atoms with van der Waals surface area (Å²) in [7, 11) is 0. The van der Waals surface area contributed by atoms with Crippen molar-refractivity contribution in [3.63, 3.8) is 0 Å². The van der Waals surface area contributed by atoms with Gasteiger partial charge in [0, 0.05) is 17.5 Å². The summed E-state index contributed by atoms with van der Waals surface area (Å²) in [4.78, 5) is 27.0. The van der Waals surface area contributed by atoms with Crippen LogP contribution in [-0.4, -0.2) is 33.4 Å². The number of nitrogens with one attached hydrogen (secondary N) is 1. The highest BCUT2D eigenvalue weighted by atomic mass is 19.4. The summed E-state index contributed by atoms with van der Waals surface area (Å²) in [5.74, 6) is 0. The van der Waals surface area contributed by atoms with E-state index in [1.54, 1.807) is 4.98 Å². The van der Waals surface area contributed by atoms with E-state index in [0.717, 1.165) is 0 Å². The fraction of sp³-hybridized carbons (Fsp3) is 0.600. The van der Waals surface area contributed by atoms with E-state index in [4.69, 9.17) is 15.4 Å². The van der Waals surface area contributed by atoms with Gasteiger partial charge in [-0.3, -0.25) is 14.3 Å². The molecule has 1 saturated heterocycles. The van der Waals surface area contributed by atoms with Crippen molar-refractivity contribution in [2.24, 2.45) is 5.11 Å². The Balaban J connectivity index is 2.44. The van der Waals surface area contributed by atoms with E-state index in [2.05, 4.69) is 10.0 Å². The Hall–Kier alpha value is -2.30. The SMILES string of the molecule is [N-]=[N+]=NC1CC(n2cc(C(F)(F)F)c(=O)[nH]c2=O)OC1CO. The zero-order valence-corrected chi connectivity index (χ0v) is 10.8. The van der Waals surface area contributed by atoms with Crippen molar-refractivity contribution in [2.45, 2.75) is 31.0 Å². The third-order valence-corrected chi connectivity index (χ3v) is 3.17.